The number of amides is 1. The van der Waals surface area contributed by atoms with E-state index >= 15 is 0 Å². The van der Waals surface area contributed by atoms with Crippen LogP contribution in [0.4, 0.5) is 5.69 Å². The molecule has 0 spiro atoms. The predicted octanol–water partition coefficient (Wildman–Crippen LogP) is 0.485. The first-order valence-corrected chi connectivity index (χ1v) is 5.86. The first-order valence-electron chi connectivity index (χ1n) is 4.38. The largest absolute Gasteiger partial charge is 0.326 e. The van der Waals surface area contributed by atoms with Gasteiger partial charge in [0.15, 0.2) is 0 Å². The minimum absolute atomic E-state index is 0.0588. The summed E-state index contributed by atoms with van der Waals surface area (Å²) >= 11 is 0. The Bertz CT molecular complexity index is 467. The molecular formula is C9H12N2O4S. The van der Waals surface area contributed by atoms with Crippen LogP contribution in [0.5, 0.6) is 0 Å². The number of hydrogen-bond donors (Lipinski definition) is 2. The van der Waals surface area contributed by atoms with Crippen LogP contribution in [0.2, 0.25) is 0 Å². The van der Waals surface area contributed by atoms with Gasteiger partial charge in [0.05, 0.1) is 12.0 Å². The fourth-order valence-corrected chi connectivity index (χ4v) is 1.89. The second kappa shape index (κ2) is 5.06. The Labute approximate surface area is 93.6 Å². The van der Waals surface area contributed by atoms with Gasteiger partial charge in [0, 0.05) is 12.6 Å². The summed E-state index contributed by atoms with van der Waals surface area (Å²) in [6.07, 6.45) is 0. The van der Waals surface area contributed by atoms with Crippen molar-refractivity contribution in [2.24, 2.45) is 0 Å². The molecule has 7 heteroatoms. The molecule has 1 amide bonds. The number of sulfonamides is 1. The number of carbonyl (C=O) groups excluding carboxylic acids is 1. The Kier molecular flexibility index (Phi) is 3.99. The first-order chi connectivity index (χ1) is 7.45. The van der Waals surface area contributed by atoms with E-state index in [0.29, 0.717) is 5.69 Å². The maximum atomic E-state index is 11.4. The number of nitrogens with one attached hydrogen (secondary N) is 2. The lowest BCUT2D eigenvalue weighted by Crippen LogP contribution is -2.22. The van der Waals surface area contributed by atoms with E-state index in [1.54, 1.807) is 0 Å². The smallest absolute Gasteiger partial charge is 0.262 e. The van der Waals surface area contributed by atoms with E-state index in [1.165, 1.54) is 38.3 Å². The van der Waals surface area contributed by atoms with Crippen molar-refractivity contribution >= 4 is 21.6 Å². The quantitative estimate of drug-likeness (QED) is 0.755. The lowest BCUT2D eigenvalue weighted by molar-refractivity contribution is -0.114. The molecule has 1 aromatic carbocycles. The fraction of sp³-hybridized carbons (Fsp3) is 0.222. The highest BCUT2D eigenvalue weighted by Gasteiger charge is 2.12. The molecule has 0 aliphatic carbocycles. The number of rotatable bonds is 4. The van der Waals surface area contributed by atoms with Crippen LogP contribution in [0.15, 0.2) is 29.2 Å². The van der Waals surface area contributed by atoms with E-state index in [4.69, 9.17) is 0 Å². The van der Waals surface area contributed by atoms with Crippen molar-refractivity contribution < 1.29 is 18.0 Å². The van der Waals surface area contributed by atoms with Crippen LogP contribution >= 0.6 is 0 Å². The minimum atomic E-state index is -3.64. The Morgan fingerprint density at radius 1 is 1.25 bits per heavy atom. The maximum Gasteiger partial charge on any atom is 0.262 e. The van der Waals surface area contributed by atoms with Gasteiger partial charge in [-0.15, -0.1) is 0 Å². The van der Waals surface area contributed by atoms with Crippen LogP contribution < -0.4 is 10.2 Å². The predicted molar refractivity (Wildman–Crippen MR) is 58.1 cm³/mol. The average Bonchev–Trinajstić information content (AvgIpc) is 2.17. The summed E-state index contributed by atoms with van der Waals surface area (Å²) in [4.78, 5) is 17.0. The zero-order chi connectivity index (χ0) is 12.2. The highest BCUT2D eigenvalue weighted by Crippen LogP contribution is 2.13. The molecule has 2 N–H and O–H groups in total. The molecule has 0 aromatic heterocycles. The van der Waals surface area contributed by atoms with Gasteiger partial charge in [-0.25, -0.2) is 8.42 Å². The third-order valence-corrected chi connectivity index (χ3v) is 2.96. The van der Waals surface area contributed by atoms with Gasteiger partial charge in [0.25, 0.3) is 10.0 Å². The molecule has 0 unspecified atom stereocenters. The summed E-state index contributed by atoms with van der Waals surface area (Å²) in [5.74, 6) is -0.217. The highest BCUT2D eigenvalue weighted by molar-refractivity contribution is 7.89. The van der Waals surface area contributed by atoms with E-state index in [0.717, 1.165) is 0 Å². The van der Waals surface area contributed by atoms with Gasteiger partial charge >= 0.3 is 0 Å². The normalized spacial score (nSPS) is 11.1. The van der Waals surface area contributed by atoms with Crippen molar-refractivity contribution in [3.05, 3.63) is 24.3 Å². The van der Waals surface area contributed by atoms with Crippen LogP contribution in [-0.2, 0) is 19.7 Å². The standard InChI is InChI=1S/C9H12N2O4S/c1-7(12)10-8-3-5-9(6-4-8)16(13,14)11-15-2/h3-6,11H,1-2H3,(H,10,12). The molecular weight excluding hydrogens is 232 g/mol. The second-order valence-electron chi connectivity index (χ2n) is 3.00. The second-order valence-corrected chi connectivity index (χ2v) is 4.64. The number of carbonyl (C=O) groups is 1. The third kappa shape index (κ3) is 3.30. The van der Waals surface area contributed by atoms with Gasteiger partial charge in [-0.2, -0.15) is 0 Å². The number of anilines is 1. The molecule has 0 radical (unpaired) electrons. The van der Waals surface area contributed by atoms with Gasteiger partial charge < -0.3 is 5.32 Å². The Hall–Kier alpha value is -1.44. The highest BCUT2D eigenvalue weighted by atomic mass is 32.2. The summed E-state index contributed by atoms with van der Waals surface area (Å²) < 4.78 is 22.9. The Morgan fingerprint density at radius 2 is 1.81 bits per heavy atom. The first kappa shape index (κ1) is 12.6. The van der Waals surface area contributed by atoms with Gasteiger partial charge in [-0.05, 0) is 24.3 Å². The van der Waals surface area contributed by atoms with Crippen LogP contribution in [0.1, 0.15) is 6.92 Å². The average molecular weight is 244 g/mol. The summed E-state index contributed by atoms with van der Waals surface area (Å²) in [6.45, 7) is 1.37. The van der Waals surface area contributed by atoms with Gasteiger partial charge in [0.1, 0.15) is 0 Å². The van der Waals surface area contributed by atoms with E-state index in [2.05, 4.69) is 10.2 Å². The number of benzene rings is 1. The Morgan fingerprint density at radius 3 is 2.25 bits per heavy atom. The molecule has 16 heavy (non-hydrogen) atoms. The van der Waals surface area contributed by atoms with Gasteiger partial charge in [-0.1, -0.05) is 4.89 Å². The summed E-state index contributed by atoms with van der Waals surface area (Å²) in [5.41, 5.74) is 0.531. The SMILES string of the molecule is CONS(=O)(=O)c1ccc(NC(C)=O)cc1. The third-order valence-electron chi connectivity index (χ3n) is 1.68. The van der Waals surface area contributed by atoms with Crippen molar-refractivity contribution in [3.63, 3.8) is 0 Å². The summed E-state index contributed by atoms with van der Waals surface area (Å²) in [7, 11) is -2.43. The van der Waals surface area contributed by atoms with Crippen molar-refractivity contribution in [3.8, 4) is 0 Å². The van der Waals surface area contributed by atoms with Gasteiger partial charge in [-0.3, -0.25) is 9.63 Å². The molecule has 0 saturated carbocycles. The van der Waals surface area contributed by atoms with Crippen molar-refractivity contribution in [1.29, 1.82) is 0 Å². The molecule has 0 heterocycles. The zero-order valence-electron chi connectivity index (χ0n) is 8.85. The molecule has 6 nitrogen and oxygen atoms in total. The molecule has 0 bridgehead atoms. The van der Waals surface area contributed by atoms with E-state index in [1.807, 2.05) is 4.89 Å². The minimum Gasteiger partial charge on any atom is -0.326 e. The monoisotopic (exact) mass is 244 g/mol. The van der Waals surface area contributed by atoms with Crippen molar-refractivity contribution in [1.82, 2.24) is 4.89 Å². The Balaban J connectivity index is 2.91. The van der Waals surface area contributed by atoms with Crippen LogP contribution in [-0.4, -0.2) is 21.4 Å². The molecule has 88 valence electrons. The summed E-state index contributed by atoms with van der Waals surface area (Å²) in [5, 5.41) is 2.53. The molecule has 1 rings (SSSR count). The fourth-order valence-electron chi connectivity index (χ4n) is 1.08. The molecule has 0 saturated heterocycles. The van der Waals surface area contributed by atoms with E-state index in [-0.39, 0.29) is 10.8 Å². The van der Waals surface area contributed by atoms with Crippen LogP contribution in [0.3, 0.4) is 0 Å². The summed E-state index contributed by atoms with van der Waals surface area (Å²) in [6, 6.07) is 5.72. The molecule has 0 fully saturated rings. The lowest BCUT2D eigenvalue weighted by atomic mass is 10.3. The molecule has 0 aliphatic rings. The van der Waals surface area contributed by atoms with Crippen LogP contribution in [0.25, 0.3) is 0 Å². The number of hydrogen-bond acceptors (Lipinski definition) is 4. The van der Waals surface area contributed by atoms with Crippen molar-refractivity contribution in [2.45, 2.75) is 11.8 Å². The molecule has 0 aliphatic heterocycles. The maximum absolute atomic E-state index is 11.4. The van der Waals surface area contributed by atoms with E-state index < -0.39 is 10.0 Å². The van der Waals surface area contributed by atoms with E-state index in [9.17, 15) is 13.2 Å². The van der Waals surface area contributed by atoms with Crippen molar-refractivity contribution in [2.75, 3.05) is 12.4 Å². The molecule has 1 aromatic rings. The zero-order valence-corrected chi connectivity index (χ0v) is 9.67. The van der Waals surface area contributed by atoms with Gasteiger partial charge in [0.2, 0.25) is 5.91 Å². The lowest BCUT2D eigenvalue weighted by Gasteiger charge is -2.05. The van der Waals surface area contributed by atoms with Crippen LogP contribution in [0, 0.1) is 0 Å². The molecule has 0 atom stereocenters. The topological polar surface area (TPSA) is 84.5 Å².